The van der Waals surface area contributed by atoms with Crippen LogP contribution < -0.4 is 20.3 Å². The fourth-order valence-corrected chi connectivity index (χ4v) is 2.48. The lowest BCUT2D eigenvalue weighted by molar-refractivity contribution is 0.0937. The fourth-order valence-electron chi connectivity index (χ4n) is 2.48. The van der Waals surface area contributed by atoms with Gasteiger partial charge in [0.25, 0.3) is 5.91 Å². The molecule has 2 aliphatic rings. The number of carbonyl (C=O) groups excluding carboxylic acids is 1. The van der Waals surface area contributed by atoms with Crippen LogP contribution in [0.15, 0.2) is 30.0 Å². The van der Waals surface area contributed by atoms with Crippen LogP contribution in [0.25, 0.3) is 0 Å². The molecular weight excluding hydrogens is 256 g/mol. The van der Waals surface area contributed by atoms with Gasteiger partial charge in [0.05, 0.1) is 0 Å². The minimum Gasteiger partial charge on any atom is -0.454 e. The van der Waals surface area contributed by atoms with Gasteiger partial charge in [0.1, 0.15) is 0 Å². The van der Waals surface area contributed by atoms with Gasteiger partial charge in [-0.1, -0.05) is 13.0 Å². The Morgan fingerprint density at radius 3 is 3.00 bits per heavy atom. The molecule has 1 aromatic carbocycles. The summed E-state index contributed by atoms with van der Waals surface area (Å²) >= 11 is 0. The lowest BCUT2D eigenvalue weighted by Crippen LogP contribution is -2.37. The highest BCUT2D eigenvalue weighted by Crippen LogP contribution is 2.32. The van der Waals surface area contributed by atoms with Gasteiger partial charge in [-0.05, 0) is 43.4 Å². The van der Waals surface area contributed by atoms with Crippen LogP contribution >= 0.6 is 0 Å². The van der Waals surface area contributed by atoms with Crippen molar-refractivity contribution in [1.82, 2.24) is 10.9 Å². The summed E-state index contributed by atoms with van der Waals surface area (Å²) in [7, 11) is 0. The van der Waals surface area contributed by atoms with Crippen molar-refractivity contribution >= 4 is 5.91 Å². The second kappa shape index (κ2) is 5.45. The molecular formula is C15H18N2O3. The van der Waals surface area contributed by atoms with Crippen molar-refractivity contribution in [2.24, 2.45) is 5.92 Å². The third-order valence-corrected chi connectivity index (χ3v) is 3.56. The van der Waals surface area contributed by atoms with Gasteiger partial charge in [-0.25, -0.2) is 0 Å². The Balaban J connectivity index is 1.62. The van der Waals surface area contributed by atoms with Crippen LogP contribution in [0, 0.1) is 5.92 Å². The zero-order valence-electron chi connectivity index (χ0n) is 11.4. The zero-order chi connectivity index (χ0) is 13.9. The maximum Gasteiger partial charge on any atom is 0.269 e. The van der Waals surface area contributed by atoms with Crippen molar-refractivity contribution in [1.29, 1.82) is 0 Å². The number of hydrogen-bond donors (Lipinski definition) is 2. The molecule has 1 atom stereocenters. The van der Waals surface area contributed by atoms with Crippen LogP contribution in [-0.2, 0) is 0 Å². The first-order valence-electron chi connectivity index (χ1n) is 6.89. The van der Waals surface area contributed by atoms with E-state index in [-0.39, 0.29) is 12.7 Å². The summed E-state index contributed by atoms with van der Waals surface area (Å²) in [5, 5.41) is 0. The molecule has 0 unspecified atom stereocenters. The maximum absolute atomic E-state index is 12.1. The fraction of sp³-hybridized carbons (Fsp3) is 0.400. The van der Waals surface area contributed by atoms with Crippen molar-refractivity contribution < 1.29 is 14.3 Å². The molecule has 1 aromatic rings. The van der Waals surface area contributed by atoms with Crippen molar-refractivity contribution in [3.63, 3.8) is 0 Å². The molecule has 0 bridgehead atoms. The first-order chi connectivity index (χ1) is 9.72. The van der Waals surface area contributed by atoms with Gasteiger partial charge in [-0.15, -0.1) is 0 Å². The van der Waals surface area contributed by atoms with E-state index >= 15 is 0 Å². The molecule has 0 saturated heterocycles. The van der Waals surface area contributed by atoms with E-state index < -0.39 is 0 Å². The van der Waals surface area contributed by atoms with Gasteiger partial charge in [-0.3, -0.25) is 10.2 Å². The Hall–Kier alpha value is -2.17. The molecule has 0 saturated carbocycles. The summed E-state index contributed by atoms with van der Waals surface area (Å²) < 4.78 is 10.5. The Morgan fingerprint density at radius 2 is 2.15 bits per heavy atom. The molecule has 0 fully saturated rings. The number of ether oxygens (including phenoxy) is 2. The highest BCUT2D eigenvalue weighted by molar-refractivity contribution is 5.94. The highest BCUT2D eigenvalue weighted by Gasteiger charge is 2.16. The monoisotopic (exact) mass is 274 g/mol. The molecule has 20 heavy (non-hydrogen) atoms. The standard InChI is InChI=1S/C15H18N2O3/c1-10-3-2-4-12(7-10)16-17-15(18)11-5-6-13-14(8-11)20-9-19-13/h5-8,10,16H,2-4,9H2,1H3,(H,17,18)/t10-/m0/s1. The Morgan fingerprint density at radius 1 is 1.30 bits per heavy atom. The molecule has 1 aliphatic carbocycles. The van der Waals surface area contributed by atoms with Gasteiger partial charge >= 0.3 is 0 Å². The maximum atomic E-state index is 12.1. The number of amides is 1. The predicted octanol–water partition coefficient (Wildman–Crippen LogP) is 2.35. The molecule has 5 heteroatoms. The quantitative estimate of drug-likeness (QED) is 0.831. The summed E-state index contributed by atoms with van der Waals surface area (Å²) in [6, 6.07) is 5.17. The molecule has 3 rings (SSSR count). The summed E-state index contributed by atoms with van der Waals surface area (Å²) in [6.45, 7) is 2.39. The lowest BCUT2D eigenvalue weighted by atomic mass is 9.96. The number of nitrogens with one attached hydrogen (secondary N) is 2. The normalized spacial score (nSPS) is 20.2. The Labute approximate surface area is 117 Å². The Kier molecular flexibility index (Phi) is 3.50. The molecule has 1 heterocycles. The van der Waals surface area contributed by atoms with Crippen molar-refractivity contribution in [2.75, 3.05) is 6.79 Å². The number of benzene rings is 1. The summed E-state index contributed by atoms with van der Waals surface area (Å²) in [4.78, 5) is 12.1. The second-order valence-electron chi connectivity index (χ2n) is 5.21. The average Bonchev–Trinajstić information content (AvgIpc) is 2.92. The largest absolute Gasteiger partial charge is 0.454 e. The van der Waals surface area contributed by atoms with E-state index in [1.165, 1.54) is 6.42 Å². The second-order valence-corrected chi connectivity index (χ2v) is 5.21. The molecule has 0 radical (unpaired) electrons. The highest BCUT2D eigenvalue weighted by atomic mass is 16.7. The SMILES string of the molecule is C[C@@H]1C=C(NNC(=O)c2ccc3c(c2)OCO3)CCC1. The number of hydrogen-bond acceptors (Lipinski definition) is 4. The molecule has 1 aliphatic heterocycles. The number of carbonyl (C=O) groups is 1. The van der Waals surface area contributed by atoms with Crippen LogP contribution in [0.4, 0.5) is 0 Å². The number of rotatable bonds is 3. The molecule has 0 aromatic heterocycles. The molecule has 5 nitrogen and oxygen atoms in total. The third kappa shape index (κ3) is 2.71. The zero-order valence-corrected chi connectivity index (χ0v) is 11.4. The minimum absolute atomic E-state index is 0.178. The summed E-state index contributed by atoms with van der Waals surface area (Å²) in [5.41, 5.74) is 7.36. The van der Waals surface area contributed by atoms with E-state index in [4.69, 9.17) is 9.47 Å². The topological polar surface area (TPSA) is 59.6 Å². The first-order valence-corrected chi connectivity index (χ1v) is 6.89. The van der Waals surface area contributed by atoms with E-state index in [0.717, 1.165) is 18.5 Å². The van der Waals surface area contributed by atoms with E-state index in [9.17, 15) is 4.79 Å². The average molecular weight is 274 g/mol. The third-order valence-electron chi connectivity index (χ3n) is 3.56. The first kappa shape index (κ1) is 12.8. The van der Waals surface area contributed by atoms with Crippen molar-refractivity contribution in [3.8, 4) is 11.5 Å². The van der Waals surface area contributed by atoms with Crippen LogP contribution in [0.3, 0.4) is 0 Å². The van der Waals surface area contributed by atoms with Crippen LogP contribution in [0.1, 0.15) is 36.5 Å². The van der Waals surface area contributed by atoms with Crippen molar-refractivity contribution in [2.45, 2.75) is 26.2 Å². The lowest BCUT2D eigenvalue weighted by Gasteiger charge is -2.19. The van der Waals surface area contributed by atoms with Crippen LogP contribution in [0.2, 0.25) is 0 Å². The predicted molar refractivity (Wildman–Crippen MR) is 74.3 cm³/mol. The minimum atomic E-state index is -0.178. The number of fused-ring (bicyclic) bond motifs is 1. The summed E-state index contributed by atoms with van der Waals surface area (Å²) in [5.74, 6) is 1.68. The van der Waals surface area contributed by atoms with E-state index in [1.807, 2.05) is 0 Å². The van der Waals surface area contributed by atoms with Crippen LogP contribution in [0.5, 0.6) is 11.5 Å². The van der Waals surface area contributed by atoms with Crippen molar-refractivity contribution in [3.05, 3.63) is 35.5 Å². The van der Waals surface area contributed by atoms with Gasteiger partial charge in [0.2, 0.25) is 6.79 Å². The molecule has 2 N–H and O–H groups in total. The number of allylic oxidation sites excluding steroid dienone is 2. The molecule has 0 spiro atoms. The molecule has 1 amide bonds. The van der Waals surface area contributed by atoms with E-state index in [2.05, 4.69) is 23.9 Å². The van der Waals surface area contributed by atoms with Gasteiger partial charge < -0.3 is 14.9 Å². The van der Waals surface area contributed by atoms with Crippen LogP contribution in [-0.4, -0.2) is 12.7 Å². The van der Waals surface area contributed by atoms with Gasteiger partial charge in [-0.2, -0.15) is 0 Å². The molecule has 106 valence electrons. The van der Waals surface area contributed by atoms with Gasteiger partial charge in [0, 0.05) is 11.3 Å². The number of hydrazine groups is 1. The summed E-state index contributed by atoms with van der Waals surface area (Å²) in [6.07, 6.45) is 5.51. The van der Waals surface area contributed by atoms with E-state index in [0.29, 0.717) is 23.0 Å². The smallest absolute Gasteiger partial charge is 0.269 e. The van der Waals surface area contributed by atoms with E-state index in [1.54, 1.807) is 18.2 Å². The van der Waals surface area contributed by atoms with Gasteiger partial charge in [0.15, 0.2) is 11.5 Å². The Bertz CT molecular complexity index is 554.